The smallest absolute Gasteiger partial charge is 0.223 e. The third kappa shape index (κ3) is 4.31. The minimum Gasteiger partial charge on any atom is -0.394 e. The molecule has 4 heteroatoms. The van der Waals surface area contributed by atoms with E-state index in [0.717, 1.165) is 0 Å². The van der Waals surface area contributed by atoms with Crippen LogP contribution >= 0.6 is 0 Å². The SMILES string of the molecule is CC(CO)NC(=O)C(C)CCN. The lowest BCUT2D eigenvalue weighted by molar-refractivity contribution is -0.125. The van der Waals surface area contributed by atoms with Crippen LogP contribution in [-0.4, -0.2) is 30.2 Å². The number of aliphatic hydroxyl groups excluding tert-OH is 1. The average molecular weight is 174 g/mol. The Hall–Kier alpha value is -0.610. The van der Waals surface area contributed by atoms with Crippen LogP contribution in [-0.2, 0) is 4.79 Å². The van der Waals surface area contributed by atoms with Crippen molar-refractivity contribution in [3.63, 3.8) is 0 Å². The molecule has 0 rings (SSSR count). The molecule has 0 aromatic heterocycles. The second kappa shape index (κ2) is 5.97. The second-order valence-corrected chi connectivity index (χ2v) is 3.07. The van der Waals surface area contributed by atoms with Crippen LogP contribution in [0.1, 0.15) is 20.3 Å². The molecule has 0 spiro atoms. The molecule has 0 aromatic carbocycles. The van der Waals surface area contributed by atoms with Gasteiger partial charge in [-0.25, -0.2) is 0 Å². The summed E-state index contributed by atoms with van der Waals surface area (Å²) in [6, 6.07) is -0.169. The lowest BCUT2D eigenvalue weighted by Crippen LogP contribution is -2.38. The first-order chi connectivity index (χ1) is 5.61. The van der Waals surface area contributed by atoms with Crippen molar-refractivity contribution in [3.05, 3.63) is 0 Å². The van der Waals surface area contributed by atoms with E-state index in [9.17, 15) is 4.79 Å². The first-order valence-corrected chi connectivity index (χ1v) is 4.23. The van der Waals surface area contributed by atoms with E-state index in [1.807, 2.05) is 6.92 Å². The molecule has 72 valence electrons. The third-order valence-electron chi connectivity index (χ3n) is 1.71. The van der Waals surface area contributed by atoms with Crippen LogP contribution in [0.15, 0.2) is 0 Å². The number of hydrogen-bond donors (Lipinski definition) is 3. The maximum atomic E-state index is 11.2. The van der Waals surface area contributed by atoms with Gasteiger partial charge in [0.25, 0.3) is 0 Å². The Morgan fingerprint density at radius 2 is 2.17 bits per heavy atom. The fourth-order valence-corrected chi connectivity index (χ4v) is 0.812. The standard InChI is InChI=1S/C8H18N2O2/c1-6(3-4-9)8(12)10-7(2)5-11/h6-7,11H,3-5,9H2,1-2H3,(H,10,12). The number of nitrogens with two attached hydrogens (primary N) is 1. The Morgan fingerprint density at radius 1 is 1.58 bits per heavy atom. The average Bonchev–Trinajstić information content (AvgIpc) is 2.04. The summed E-state index contributed by atoms with van der Waals surface area (Å²) in [5.41, 5.74) is 5.30. The van der Waals surface area contributed by atoms with Crippen LogP contribution in [0.4, 0.5) is 0 Å². The fourth-order valence-electron chi connectivity index (χ4n) is 0.812. The Morgan fingerprint density at radius 3 is 2.58 bits per heavy atom. The van der Waals surface area contributed by atoms with Crippen LogP contribution in [0.25, 0.3) is 0 Å². The van der Waals surface area contributed by atoms with Crippen molar-refractivity contribution in [3.8, 4) is 0 Å². The van der Waals surface area contributed by atoms with Gasteiger partial charge < -0.3 is 16.2 Å². The zero-order valence-corrected chi connectivity index (χ0v) is 7.71. The van der Waals surface area contributed by atoms with Crippen molar-refractivity contribution >= 4 is 5.91 Å². The van der Waals surface area contributed by atoms with Gasteiger partial charge in [-0.1, -0.05) is 6.92 Å². The van der Waals surface area contributed by atoms with Gasteiger partial charge in [-0.05, 0) is 19.9 Å². The van der Waals surface area contributed by atoms with Crippen LogP contribution in [0.5, 0.6) is 0 Å². The highest BCUT2D eigenvalue weighted by molar-refractivity contribution is 5.78. The zero-order valence-electron chi connectivity index (χ0n) is 7.71. The Balaban J connectivity index is 3.70. The van der Waals surface area contributed by atoms with Crippen LogP contribution in [0.2, 0.25) is 0 Å². The quantitative estimate of drug-likeness (QED) is 0.524. The summed E-state index contributed by atoms with van der Waals surface area (Å²) in [5, 5.41) is 11.3. The Bertz CT molecular complexity index is 139. The van der Waals surface area contributed by atoms with Crippen molar-refractivity contribution < 1.29 is 9.90 Å². The maximum Gasteiger partial charge on any atom is 0.223 e. The van der Waals surface area contributed by atoms with Crippen LogP contribution in [0, 0.1) is 5.92 Å². The van der Waals surface area contributed by atoms with Crippen molar-refractivity contribution in [2.75, 3.05) is 13.2 Å². The molecule has 4 nitrogen and oxygen atoms in total. The largest absolute Gasteiger partial charge is 0.394 e. The number of carbonyl (C=O) groups is 1. The van der Waals surface area contributed by atoms with E-state index < -0.39 is 0 Å². The van der Waals surface area contributed by atoms with E-state index in [1.54, 1.807) is 6.92 Å². The van der Waals surface area contributed by atoms with Gasteiger partial charge in [0.2, 0.25) is 5.91 Å². The molecule has 0 fully saturated rings. The molecule has 2 atom stereocenters. The van der Waals surface area contributed by atoms with Crippen LogP contribution in [0.3, 0.4) is 0 Å². The molecule has 0 heterocycles. The first-order valence-electron chi connectivity index (χ1n) is 4.23. The minimum atomic E-state index is -0.169. The highest BCUT2D eigenvalue weighted by atomic mass is 16.3. The van der Waals surface area contributed by atoms with Gasteiger partial charge in [-0.2, -0.15) is 0 Å². The Kier molecular flexibility index (Phi) is 5.66. The summed E-state index contributed by atoms with van der Waals surface area (Å²) >= 11 is 0. The minimum absolute atomic E-state index is 0.0267. The number of hydrogen-bond acceptors (Lipinski definition) is 3. The molecule has 0 bridgehead atoms. The first kappa shape index (κ1) is 11.4. The van der Waals surface area contributed by atoms with Gasteiger partial charge in [0.05, 0.1) is 6.61 Å². The normalized spacial score (nSPS) is 15.3. The topological polar surface area (TPSA) is 75.3 Å². The number of aliphatic hydroxyl groups is 1. The molecular weight excluding hydrogens is 156 g/mol. The maximum absolute atomic E-state index is 11.2. The highest BCUT2D eigenvalue weighted by Gasteiger charge is 2.13. The van der Waals surface area contributed by atoms with E-state index >= 15 is 0 Å². The molecule has 0 saturated heterocycles. The van der Waals surface area contributed by atoms with Crippen molar-refractivity contribution in [1.29, 1.82) is 0 Å². The fraction of sp³-hybridized carbons (Fsp3) is 0.875. The highest BCUT2D eigenvalue weighted by Crippen LogP contribution is 1.99. The summed E-state index contributed by atoms with van der Waals surface area (Å²) in [7, 11) is 0. The molecule has 0 aliphatic heterocycles. The molecule has 0 radical (unpaired) electrons. The van der Waals surface area contributed by atoms with Crippen LogP contribution < -0.4 is 11.1 Å². The lowest BCUT2D eigenvalue weighted by atomic mass is 10.1. The molecule has 0 aliphatic rings. The molecule has 4 N–H and O–H groups in total. The number of rotatable bonds is 5. The summed E-state index contributed by atoms with van der Waals surface area (Å²) < 4.78 is 0. The van der Waals surface area contributed by atoms with E-state index in [2.05, 4.69) is 5.32 Å². The number of nitrogens with one attached hydrogen (secondary N) is 1. The van der Waals surface area contributed by atoms with E-state index in [4.69, 9.17) is 10.8 Å². The van der Waals surface area contributed by atoms with Gasteiger partial charge in [-0.15, -0.1) is 0 Å². The Labute approximate surface area is 73.1 Å². The van der Waals surface area contributed by atoms with Crippen molar-refractivity contribution in [2.45, 2.75) is 26.3 Å². The van der Waals surface area contributed by atoms with E-state index in [0.29, 0.717) is 13.0 Å². The predicted octanol–water partition coefficient (Wildman–Crippen LogP) is -0.532. The molecule has 2 unspecified atom stereocenters. The number of amides is 1. The monoisotopic (exact) mass is 174 g/mol. The number of carbonyl (C=O) groups excluding carboxylic acids is 1. The lowest BCUT2D eigenvalue weighted by Gasteiger charge is -2.14. The summed E-state index contributed by atoms with van der Waals surface area (Å²) in [4.78, 5) is 11.2. The molecule has 0 aromatic rings. The molecular formula is C8H18N2O2. The van der Waals surface area contributed by atoms with Gasteiger partial charge in [0.1, 0.15) is 0 Å². The molecule has 0 saturated carbocycles. The molecule has 1 amide bonds. The van der Waals surface area contributed by atoms with Gasteiger partial charge in [0.15, 0.2) is 0 Å². The van der Waals surface area contributed by atoms with Gasteiger partial charge >= 0.3 is 0 Å². The summed E-state index contributed by atoms with van der Waals surface area (Å²) in [6.45, 7) is 4.07. The molecule has 0 aliphatic carbocycles. The second-order valence-electron chi connectivity index (χ2n) is 3.07. The predicted molar refractivity (Wildman–Crippen MR) is 47.5 cm³/mol. The van der Waals surface area contributed by atoms with Crippen molar-refractivity contribution in [2.24, 2.45) is 11.7 Å². The zero-order chi connectivity index (χ0) is 9.56. The molecule has 12 heavy (non-hydrogen) atoms. The van der Waals surface area contributed by atoms with Gasteiger partial charge in [0, 0.05) is 12.0 Å². The summed E-state index contributed by atoms with van der Waals surface area (Å²) in [6.07, 6.45) is 0.685. The summed E-state index contributed by atoms with van der Waals surface area (Å²) in [5.74, 6) is -0.106. The van der Waals surface area contributed by atoms with Crippen molar-refractivity contribution in [1.82, 2.24) is 5.32 Å². The van der Waals surface area contributed by atoms with E-state index in [1.165, 1.54) is 0 Å². The van der Waals surface area contributed by atoms with Gasteiger partial charge in [-0.3, -0.25) is 4.79 Å². The van der Waals surface area contributed by atoms with E-state index in [-0.39, 0.29) is 24.5 Å². The third-order valence-corrected chi connectivity index (χ3v) is 1.71.